The van der Waals surface area contributed by atoms with Gasteiger partial charge >= 0.3 is 11.8 Å². The predicted octanol–water partition coefficient (Wildman–Crippen LogP) is 3.77. The third kappa shape index (κ3) is 5.59. The van der Waals surface area contributed by atoms with Gasteiger partial charge in [0.1, 0.15) is 12.4 Å². The first-order valence-electron chi connectivity index (χ1n) is 7.75. The topological polar surface area (TPSA) is 102 Å². The van der Waals surface area contributed by atoms with Crippen molar-refractivity contribution in [1.29, 1.82) is 0 Å². The molecule has 0 aliphatic heterocycles. The minimum absolute atomic E-state index is 0.0267. The first kappa shape index (κ1) is 18.9. The van der Waals surface area contributed by atoms with Crippen LogP contribution in [0, 0.1) is 15.9 Å². The fraction of sp³-hybridized carbons (Fsp3) is 0.167. The van der Waals surface area contributed by atoms with Gasteiger partial charge in [-0.15, -0.1) is 0 Å². The first-order chi connectivity index (χ1) is 12.5. The lowest BCUT2D eigenvalue weighted by Gasteiger charge is -2.06. The van der Waals surface area contributed by atoms with Crippen molar-refractivity contribution in [1.82, 2.24) is 5.32 Å². The summed E-state index contributed by atoms with van der Waals surface area (Å²) < 4.78 is 18.7. The number of alkyl carbamates (subject to hydrolysis) is 1. The Morgan fingerprint density at radius 2 is 2.04 bits per heavy atom. The van der Waals surface area contributed by atoms with E-state index < -0.39 is 28.3 Å². The van der Waals surface area contributed by atoms with E-state index in [4.69, 9.17) is 4.74 Å². The number of amides is 1. The highest BCUT2D eigenvalue weighted by atomic mass is 19.1. The summed E-state index contributed by atoms with van der Waals surface area (Å²) in [5.74, 6) is -1.51. The number of nitro groups is 1. The minimum Gasteiger partial charge on any atom is -0.502 e. The Morgan fingerprint density at radius 3 is 2.73 bits per heavy atom. The third-order valence-corrected chi connectivity index (χ3v) is 3.38. The molecule has 0 atom stereocenters. The highest BCUT2D eigenvalue weighted by molar-refractivity contribution is 5.67. The molecule has 7 nitrogen and oxygen atoms in total. The molecule has 0 aromatic heterocycles. The number of halogens is 1. The molecule has 0 saturated heterocycles. The molecule has 0 aliphatic rings. The van der Waals surface area contributed by atoms with E-state index in [-0.39, 0.29) is 18.7 Å². The van der Waals surface area contributed by atoms with Crippen LogP contribution in [0.5, 0.6) is 5.75 Å². The summed E-state index contributed by atoms with van der Waals surface area (Å²) in [6, 6.07) is 10.9. The highest BCUT2D eigenvalue weighted by Gasteiger charge is 2.16. The number of carbonyl (C=O) groups is 1. The maximum atomic E-state index is 13.7. The first-order valence-corrected chi connectivity index (χ1v) is 7.75. The number of phenols is 1. The van der Waals surface area contributed by atoms with Crippen molar-refractivity contribution in [2.45, 2.75) is 13.0 Å². The largest absolute Gasteiger partial charge is 0.502 e. The number of ether oxygens (including phenoxy) is 1. The number of benzene rings is 2. The van der Waals surface area contributed by atoms with Crippen molar-refractivity contribution >= 4 is 17.9 Å². The van der Waals surface area contributed by atoms with Gasteiger partial charge in [-0.05, 0) is 12.0 Å². The lowest BCUT2D eigenvalue weighted by Crippen LogP contribution is -2.24. The lowest BCUT2D eigenvalue weighted by atomic mass is 10.1. The number of nitrogens with zero attached hydrogens (tertiary/aromatic N) is 1. The molecule has 136 valence electrons. The summed E-state index contributed by atoms with van der Waals surface area (Å²) in [4.78, 5) is 21.5. The number of nitro benzene ring substituents is 1. The molecular formula is C18H17FN2O5. The standard InChI is InChI=1S/C18H17FN2O5/c19-15-11-17(22)16(21(24)25)10-14(15)8-4-5-9-20-18(23)26-12-13-6-2-1-3-7-13/h1-4,6-8,10-11,22H,5,9,12H2,(H,20,23). The summed E-state index contributed by atoms with van der Waals surface area (Å²) >= 11 is 0. The van der Waals surface area contributed by atoms with Gasteiger partial charge in [0.2, 0.25) is 0 Å². The van der Waals surface area contributed by atoms with Gasteiger partial charge in [0.25, 0.3) is 0 Å². The molecule has 0 unspecified atom stereocenters. The summed E-state index contributed by atoms with van der Waals surface area (Å²) in [7, 11) is 0. The van der Waals surface area contributed by atoms with E-state index in [0.29, 0.717) is 12.5 Å². The van der Waals surface area contributed by atoms with Crippen LogP contribution in [0.1, 0.15) is 17.5 Å². The molecule has 0 heterocycles. The van der Waals surface area contributed by atoms with Gasteiger partial charge in [-0.1, -0.05) is 42.5 Å². The maximum absolute atomic E-state index is 13.7. The van der Waals surface area contributed by atoms with Crippen LogP contribution in [0.15, 0.2) is 48.5 Å². The van der Waals surface area contributed by atoms with E-state index in [2.05, 4.69) is 5.32 Å². The van der Waals surface area contributed by atoms with Gasteiger partial charge in [0.15, 0.2) is 5.75 Å². The Kier molecular flexibility index (Phi) is 6.67. The molecule has 26 heavy (non-hydrogen) atoms. The highest BCUT2D eigenvalue weighted by Crippen LogP contribution is 2.29. The Morgan fingerprint density at radius 1 is 1.31 bits per heavy atom. The molecule has 0 spiro atoms. The molecule has 0 radical (unpaired) electrons. The van der Waals surface area contributed by atoms with Gasteiger partial charge in [0, 0.05) is 24.2 Å². The van der Waals surface area contributed by atoms with E-state index in [1.807, 2.05) is 30.3 Å². The summed E-state index contributed by atoms with van der Waals surface area (Å²) in [6.07, 6.45) is 2.69. The summed E-state index contributed by atoms with van der Waals surface area (Å²) in [5.41, 5.74) is 0.266. The van der Waals surface area contributed by atoms with Crippen LogP contribution < -0.4 is 5.32 Å². The number of hydrogen-bond acceptors (Lipinski definition) is 5. The van der Waals surface area contributed by atoms with E-state index in [1.165, 1.54) is 6.08 Å². The van der Waals surface area contributed by atoms with Crippen LogP contribution >= 0.6 is 0 Å². The number of rotatable bonds is 7. The molecule has 2 rings (SSSR count). The zero-order chi connectivity index (χ0) is 18.9. The molecule has 8 heteroatoms. The second-order valence-corrected chi connectivity index (χ2v) is 5.30. The molecule has 0 fully saturated rings. The van der Waals surface area contributed by atoms with E-state index in [9.17, 15) is 24.4 Å². The number of phenolic OH excluding ortho intramolecular Hbond substituents is 1. The predicted molar refractivity (Wildman–Crippen MR) is 93.0 cm³/mol. The van der Waals surface area contributed by atoms with Crippen LogP contribution in [0.25, 0.3) is 6.08 Å². The van der Waals surface area contributed by atoms with Crippen molar-refractivity contribution in [3.05, 3.63) is 75.6 Å². The molecule has 0 aliphatic carbocycles. The smallest absolute Gasteiger partial charge is 0.407 e. The monoisotopic (exact) mass is 360 g/mol. The van der Waals surface area contributed by atoms with Crippen molar-refractivity contribution in [3.8, 4) is 5.75 Å². The average molecular weight is 360 g/mol. The van der Waals surface area contributed by atoms with Gasteiger partial charge in [0.05, 0.1) is 4.92 Å². The lowest BCUT2D eigenvalue weighted by molar-refractivity contribution is -0.385. The number of aromatic hydroxyl groups is 1. The van der Waals surface area contributed by atoms with Crippen molar-refractivity contribution in [2.75, 3.05) is 6.54 Å². The quantitative estimate of drug-likeness (QED) is 0.445. The van der Waals surface area contributed by atoms with Crippen LogP contribution in [0.3, 0.4) is 0 Å². The SMILES string of the molecule is O=C(NCCC=Cc1cc([N+](=O)[O-])c(O)cc1F)OCc1ccccc1. The zero-order valence-corrected chi connectivity index (χ0v) is 13.7. The fourth-order valence-corrected chi connectivity index (χ4v) is 2.08. The maximum Gasteiger partial charge on any atom is 0.407 e. The number of nitrogens with one attached hydrogen (secondary N) is 1. The van der Waals surface area contributed by atoms with E-state index >= 15 is 0 Å². The molecule has 2 aromatic carbocycles. The summed E-state index contributed by atoms with van der Waals surface area (Å²) in [5, 5.41) is 22.6. The van der Waals surface area contributed by atoms with Crippen LogP contribution in [0.4, 0.5) is 14.9 Å². The van der Waals surface area contributed by atoms with Crippen molar-refractivity contribution in [2.24, 2.45) is 0 Å². The third-order valence-electron chi connectivity index (χ3n) is 3.38. The molecule has 2 N–H and O–H groups in total. The van der Waals surface area contributed by atoms with Gasteiger partial charge in [-0.3, -0.25) is 10.1 Å². The molecule has 1 amide bonds. The Balaban J connectivity index is 1.78. The zero-order valence-electron chi connectivity index (χ0n) is 13.7. The average Bonchev–Trinajstić information content (AvgIpc) is 2.61. The van der Waals surface area contributed by atoms with Crippen molar-refractivity contribution in [3.63, 3.8) is 0 Å². The van der Waals surface area contributed by atoms with Crippen LogP contribution in [0.2, 0.25) is 0 Å². The second-order valence-electron chi connectivity index (χ2n) is 5.30. The van der Waals surface area contributed by atoms with Gasteiger partial charge in [-0.25, -0.2) is 9.18 Å². The van der Waals surface area contributed by atoms with Crippen LogP contribution in [-0.2, 0) is 11.3 Å². The molecular weight excluding hydrogens is 343 g/mol. The van der Waals surface area contributed by atoms with Gasteiger partial charge < -0.3 is 15.2 Å². The number of carbonyl (C=O) groups excluding carboxylic acids is 1. The van der Waals surface area contributed by atoms with Crippen molar-refractivity contribution < 1.29 is 24.0 Å². The Hall–Kier alpha value is -3.42. The summed E-state index contributed by atoms with van der Waals surface area (Å²) in [6.45, 7) is 0.414. The molecule has 0 saturated carbocycles. The van der Waals surface area contributed by atoms with E-state index in [0.717, 1.165) is 11.6 Å². The Labute approximate surface area is 148 Å². The fourth-order valence-electron chi connectivity index (χ4n) is 2.08. The number of hydrogen-bond donors (Lipinski definition) is 2. The van der Waals surface area contributed by atoms with Crippen LogP contribution in [-0.4, -0.2) is 22.7 Å². The normalized spacial score (nSPS) is 10.7. The molecule has 2 aromatic rings. The van der Waals surface area contributed by atoms with E-state index in [1.54, 1.807) is 6.08 Å². The van der Waals surface area contributed by atoms with Gasteiger partial charge in [-0.2, -0.15) is 0 Å². The minimum atomic E-state index is -0.795. The second kappa shape index (κ2) is 9.16. The molecule has 0 bridgehead atoms. The Bertz CT molecular complexity index is 809.